The van der Waals surface area contributed by atoms with Crippen LogP contribution in [0.1, 0.15) is 18.4 Å². The fourth-order valence-electron chi connectivity index (χ4n) is 6.38. The van der Waals surface area contributed by atoms with Crippen molar-refractivity contribution in [3.8, 4) is 11.5 Å². The van der Waals surface area contributed by atoms with Gasteiger partial charge in [0.2, 0.25) is 17.7 Å². The summed E-state index contributed by atoms with van der Waals surface area (Å²) < 4.78 is 25.1. The number of nitrogens with zero attached hydrogens (tertiary/aromatic N) is 2. The Kier molecular flexibility index (Phi) is 4.14. The van der Waals surface area contributed by atoms with Crippen LogP contribution in [0.5, 0.6) is 11.5 Å². The second kappa shape index (κ2) is 6.77. The van der Waals surface area contributed by atoms with Crippen LogP contribution in [-0.4, -0.2) is 49.4 Å². The second-order valence-electron chi connectivity index (χ2n) is 8.87. The van der Waals surface area contributed by atoms with E-state index in [1.54, 1.807) is 18.2 Å². The Hall–Kier alpha value is -3.46. The maximum atomic E-state index is 14.4. The van der Waals surface area contributed by atoms with E-state index >= 15 is 0 Å². The Morgan fingerprint density at radius 3 is 2.64 bits per heavy atom. The van der Waals surface area contributed by atoms with Crippen LogP contribution >= 0.6 is 0 Å². The predicted molar refractivity (Wildman–Crippen MR) is 115 cm³/mol. The molecule has 0 aromatic heterocycles. The Labute approximate surface area is 189 Å². The molecule has 33 heavy (non-hydrogen) atoms. The third-order valence-corrected chi connectivity index (χ3v) is 7.58. The summed E-state index contributed by atoms with van der Waals surface area (Å²) in [6, 6.07) is 8.72. The molecule has 1 N–H and O–H groups in total. The molecule has 4 aliphatic heterocycles. The minimum absolute atomic E-state index is 0.277. The third kappa shape index (κ3) is 2.35. The van der Waals surface area contributed by atoms with Gasteiger partial charge in [0, 0.05) is 23.4 Å². The molecular formula is C24H22FN3O5. The van der Waals surface area contributed by atoms with Gasteiger partial charge in [-0.3, -0.25) is 19.3 Å². The molecule has 0 aliphatic carbocycles. The summed E-state index contributed by atoms with van der Waals surface area (Å²) in [6.45, 7) is 0.560. The van der Waals surface area contributed by atoms with Crippen molar-refractivity contribution in [3.05, 3.63) is 47.8 Å². The summed E-state index contributed by atoms with van der Waals surface area (Å²) >= 11 is 0. The first kappa shape index (κ1) is 20.2. The van der Waals surface area contributed by atoms with Crippen molar-refractivity contribution < 1.29 is 28.2 Å². The Bertz CT molecular complexity index is 1230. The predicted octanol–water partition coefficient (Wildman–Crippen LogP) is 2.27. The van der Waals surface area contributed by atoms with E-state index in [1.165, 1.54) is 32.4 Å². The molecule has 3 saturated heterocycles. The largest absolute Gasteiger partial charge is 0.497 e. The van der Waals surface area contributed by atoms with Crippen LogP contribution < -0.4 is 19.7 Å². The van der Waals surface area contributed by atoms with Crippen molar-refractivity contribution in [2.45, 2.75) is 24.4 Å². The molecular weight excluding hydrogens is 429 g/mol. The normalized spacial score (nSPS) is 30.0. The fourth-order valence-corrected chi connectivity index (χ4v) is 6.38. The molecule has 170 valence electrons. The first-order valence-corrected chi connectivity index (χ1v) is 10.9. The third-order valence-electron chi connectivity index (χ3n) is 7.58. The van der Waals surface area contributed by atoms with Gasteiger partial charge in [0.1, 0.15) is 22.9 Å². The van der Waals surface area contributed by atoms with Crippen molar-refractivity contribution in [3.63, 3.8) is 0 Å². The number of imide groups is 1. The van der Waals surface area contributed by atoms with Gasteiger partial charge in [0.15, 0.2) is 0 Å². The molecule has 4 aliphatic rings. The van der Waals surface area contributed by atoms with Gasteiger partial charge >= 0.3 is 0 Å². The van der Waals surface area contributed by atoms with Gasteiger partial charge in [0.25, 0.3) is 0 Å². The van der Waals surface area contributed by atoms with E-state index < -0.39 is 29.1 Å². The summed E-state index contributed by atoms with van der Waals surface area (Å²) in [7, 11) is 2.95. The molecule has 9 heteroatoms. The number of ether oxygens (including phenoxy) is 2. The minimum Gasteiger partial charge on any atom is -0.497 e. The molecule has 4 atom stereocenters. The number of fused-ring (bicyclic) bond motifs is 7. The van der Waals surface area contributed by atoms with Crippen LogP contribution in [0.4, 0.5) is 15.8 Å². The van der Waals surface area contributed by atoms with Gasteiger partial charge in [-0.25, -0.2) is 9.29 Å². The number of carbonyl (C=O) groups excluding carboxylic acids is 3. The number of anilines is 2. The topological polar surface area (TPSA) is 88.2 Å². The zero-order chi connectivity index (χ0) is 23.1. The lowest BCUT2D eigenvalue weighted by molar-refractivity contribution is -0.135. The first-order chi connectivity index (χ1) is 15.9. The number of carbonyl (C=O) groups is 3. The van der Waals surface area contributed by atoms with E-state index in [2.05, 4.69) is 5.32 Å². The van der Waals surface area contributed by atoms with Crippen LogP contribution in [0, 0.1) is 17.7 Å². The molecule has 0 unspecified atom stereocenters. The molecule has 2 aromatic carbocycles. The lowest BCUT2D eigenvalue weighted by atomic mass is 9.75. The number of benzene rings is 2. The van der Waals surface area contributed by atoms with E-state index in [0.717, 1.165) is 11.3 Å². The summed E-state index contributed by atoms with van der Waals surface area (Å²) in [5.41, 5.74) is -0.242. The van der Waals surface area contributed by atoms with Crippen molar-refractivity contribution >= 4 is 29.1 Å². The van der Waals surface area contributed by atoms with Gasteiger partial charge in [-0.05, 0) is 49.7 Å². The van der Waals surface area contributed by atoms with Crippen LogP contribution in [-0.2, 0) is 19.9 Å². The Morgan fingerprint density at radius 2 is 1.88 bits per heavy atom. The zero-order valence-corrected chi connectivity index (χ0v) is 18.1. The molecule has 0 radical (unpaired) electrons. The highest BCUT2D eigenvalue weighted by atomic mass is 19.1. The number of hydrogen-bond acceptors (Lipinski definition) is 6. The van der Waals surface area contributed by atoms with Crippen LogP contribution in [0.25, 0.3) is 0 Å². The van der Waals surface area contributed by atoms with Crippen LogP contribution in [0.3, 0.4) is 0 Å². The van der Waals surface area contributed by atoms with Crippen molar-refractivity contribution in [2.75, 3.05) is 31.0 Å². The first-order valence-electron chi connectivity index (χ1n) is 10.9. The standard InChI is InChI=1S/C24H22FN3O5/c1-32-13-6-8-18(33-2)17(11-13)28-21(29)19-16-4-3-9-27(16)24(20(19)22(28)30)14-10-12(25)5-7-15(14)26-23(24)31/h5-8,10-11,16,19-20H,3-4,9H2,1-2H3,(H,26,31)/t16-,19+,20+,24-/m0/s1. The van der Waals surface area contributed by atoms with Gasteiger partial charge < -0.3 is 14.8 Å². The molecule has 3 amide bonds. The average molecular weight is 451 g/mol. The van der Waals surface area contributed by atoms with Crippen molar-refractivity contribution in [2.24, 2.45) is 11.8 Å². The molecule has 3 fully saturated rings. The van der Waals surface area contributed by atoms with Crippen LogP contribution in [0.15, 0.2) is 36.4 Å². The number of hydrogen-bond donors (Lipinski definition) is 1. The number of halogens is 1. The highest BCUT2D eigenvalue weighted by Gasteiger charge is 2.74. The van der Waals surface area contributed by atoms with Gasteiger partial charge in [-0.15, -0.1) is 0 Å². The second-order valence-corrected chi connectivity index (χ2v) is 8.87. The number of rotatable bonds is 3. The fraction of sp³-hybridized carbons (Fsp3) is 0.375. The number of amides is 3. The molecule has 1 spiro atoms. The average Bonchev–Trinajstić information content (AvgIpc) is 3.52. The van der Waals surface area contributed by atoms with E-state index in [9.17, 15) is 18.8 Å². The van der Waals surface area contributed by atoms with E-state index in [0.29, 0.717) is 35.7 Å². The molecule has 8 nitrogen and oxygen atoms in total. The minimum atomic E-state index is -1.42. The van der Waals surface area contributed by atoms with Crippen molar-refractivity contribution in [1.29, 1.82) is 0 Å². The van der Waals surface area contributed by atoms with E-state index in [1.807, 2.05) is 4.90 Å². The zero-order valence-electron chi connectivity index (χ0n) is 18.1. The summed E-state index contributed by atoms with van der Waals surface area (Å²) in [5.74, 6) is -2.61. The highest BCUT2D eigenvalue weighted by molar-refractivity contribution is 6.26. The van der Waals surface area contributed by atoms with Gasteiger partial charge in [0.05, 0.1) is 31.7 Å². The SMILES string of the molecule is COc1ccc(OC)c(N2C(=O)[C@@H]3[C@@H]4CCCN4[C@]4(C(=O)Nc5ccc(F)cc54)[C@H]3C2=O)c1. The Morgan fingerprint density at radius 1 is 1.06 bits per heavy atom. The van der Waals surface area contributed by atoms with Crippen molar-refractivity contribution in [1.82, 2.24) is 4.90 Å². The van der Waals surface area contributed by atoms with Crippen LogP contribution in [0.2, 0.25) is 0 Å². The summed E-state index contributed by atoms with van der Waals surface area (Å²) in [5, 5.41) is 2.84. The maximum absolute atomic E-state index is 14.4. The quantitative estimate of drug-likeness (QED) is 0.721. The monoisotopic (exact) mass is 451 g/mol. The highest BCUT2D eigenvalue weighted by Crippen LogP contribution is 2.61. The summed E-state index contributed by atoms with van der Waals surface area (Å²) in [4.78, 5) is 44.5. The van der Waals surface area contributed by atoms with E-state index in [4.69, 9.17) is 9.47 Å². The number of nitrogens with one attached hydrogen (secondary N) is 1. The smallest absolute Gasteiger partial charge is 0.250 e. The lowest BCUT2D eigenvalue weighted by Crippen LogP contribution is -2.54. The summed E-state index contributed by atoms with van der Waals surface area (Å²) in [6.07, 6.45) is 1.47. The van der Waals surface area contributed by atoms with Gasteiger partial charge in [-0.2, -0.15) is 0 Å². The lowest BCUT2D eigenvalue weighted by Gasteiger charge is -2.36. The molecule has 6 rings (SSSR count). The molecule has 0 saturated carbocycles. The molecule has 2 aromatic rings. The Balaban J connectivity index is 1.56. The van der Waals surface area contributed by atoms with E-state index in [-0.39, 0.29) is 23.5 Å². The number of methoxy groups -OCH3 is 2. The van der Waals surface area contributed by atoms with Gasteiger partial charge in [-0.1, -0.05) is 0 Å². The maximum Gasteiger partial charge on any atom is 0.250 e. The molecule has 4 heterocycles. The molecule has 0 bridgehead atoms.